The molecule has 0 bridgehead atoms. The summed E-state index contributed by atoms with van der Waals surface area (Å²) in [4.78, 5) is 11.7. The molecule has 0 saturated heterocycles. The minimum absolute atomic E-state index is 0.0866. The maximum atomic E-state index is 13.0. The third kappa shape index (κ3) is 7.16. The topological polar surface area (TPSA) is 29.1 Å². The summed E-state index contributed by atoms with van der Waals surface area (Å²) in [7, 11) is 0. The monoisotopic (exact) mass is 285 g/mol. The van der Waals surface area contributed by atoms with Gasteiger partial charge in [0.05, 0.1) is 11.8 Å². The Morgan fingerprint density at radius 2 is 2.11 bits per heavy atom. The van der Waals surface area contributed by atoms with Crippen LogP contribution < -0.4 is 5.32 Å². The first-order valence-electron chi connectivity index (χ1n) is 6.41. The van der Waals surface area contributed by atoms with Gasteiger partial charge in [-0.25, -0.2) is 4.39 Å². The van der Waals surface area contributed by atoms with E-state index in [1.165, 1.54) is 12.1 Å². The fourth-order valence-electron chi connectivity index (χ4n) is 1.86. The molecule has 1 N–H and O–H groups in total. The zero-order valence-corrected chi connectivity index (χ0v) is 12.4. The van der Waals surface area contributed by atoms with E-state index in [-0.39, 0.29) is 28.9 Å². The second-order valence-electron chi connectivity index (χ2n) is 5.97. The predicted molar refractivity (Wildman–Crippen MR) is 76.8 cm³/mol. The molecule has 0 heterocycles. The van der Waals surface area contributed by atoms with Gasteiger partial charge in [-0.1, -0.05) is 32.9 Å². The van der Waals surface area contributed by atoms with Crippen molar-refractivity contribution in [3.63, 3.8) is 0 Å². The first kappa shape index (κ1) is 16.0. The van der Waals surface area contributed by atoms with Gasteiger partial charge in [0.2, 0.25) is 5.91 Å². The predicted octanol–water partition coefficient (Wildman–Crippen LogP) is 3.53. The van der Waals surface area contributed by atoms with Gasteiger partial charge in [-0.05, 0) is 29.5 Å². The van der Waals surface area contributed by atoms with Crippen molar-refractivity contribution in [2.24, 2.45) is 5.41 Å². The molecule has 1 aromatic rings. The smallest absolute Gasteiger partial charge is 0.224 e. The molecule has 1 amide bonds. The average Bonchev–Trinajstić information content (AvgIpc) is 2.24. The fraction of sp³-hybridized carbons (Fsp3) is 0.533. The quantitative estimate of drug-likeness (QED) is 0.824. The Hall–Kier alpha value is -1.09. The third-order valence-electron chi connectivity index (χ3n) is 2.61. The highest BCUT2D eigenvalue weighted by Gasteiger charge is 2.17. The lowest BCUT2D eigenvalue weighted by Gasteiger charge is -2.22. The number of nitrogens with one attached hydrogen (secondary N) is 1. The summed E-state index contributed by atoms with van der Waals surface area (Å²) < 4.78 is 13.0. The molecule has 106 valence electrons. The normalized spacial score (nSPS) is 13.1. The van der Waals surface area contributed by atoms with Crippen LogP contribution in [0.1, 0.15) is 32.8 Å². The van der Waals surface area contributed by atoms with E-state index in [0.717, 1.165) is 6.42 Å². The molecule has 0 aliphatic heterocycles. The maximum absolute atomic E-state index is 13.0. The van der Waals surface area contributed by atoms with Crippen molar-refractivity contribution in [1.82, 2.24) is 5.32 Å². The number of halogens is 2. The standard InChI is InChI=1S/C15H21ClFNO/c1-15(2,3)9-12(16)10-18-14(19)8-11-5-4-6-13(17)7-11/h4-7,12H,8-10H2,1-3H3,(H,18,19). The summed E-state index contributed by atoms with van der Waals surface area (Å²) in [6, 6.07) is 6.06. The van der Waals surface area contributed by atoms with Gasteiger partial charge >= 0.3 is 0 Å². The molecule has 19 heavy (non-hydrogen) atoms. The van der Waals surface area contributed by atoms with Crippen LogP contribution in [0.25, 0.3) is 0 Å². The Balaban J connectivity index is 2.36. The number of carbonyl (C=O) groups is 1. The van der Waals surface area contributed by atoms with E-state index in [1.807, 2.05) is 0 Å². The Labute approximate surface area is 119 Å². The van der Waals surface area contributed by atoms with Crippen LogP contribution in [0, 0.1) is 11.2 Å². The van der Waals surface area contributed by atoms with Gasteiger partial charge in [-0.3, -0.25) is 4.79 Å². The SMILES string of the molecule is CC(C)(C)CC(Cl)CNC(=O)Cc1cccc(F)c1. The van der Waals surface area contributed by atoms with Gasteiger partial charge in [0.15, 0.2) is 0 Å². The second kappa shape index (κ2) is 6.90. The molecular weight excluding hydrogens is 265 g/mol. The Kier molecular flexibility index (Phi) is 5.80. The highest BCUT2D eigenvalue weighted by Crippen LogP contribution is 2.23. The molecule has 1 rings (SSSR count). The van der Waals surface area contributed by atoms with E-state index in [4.69, 9.17) is 11.6 Å². The molecule has 4 heteroatoms. The van der Waals surface area contributed by atoms with Crippen molar-refractivity contribution >= 4 is 17.5 Å². The van der Waals surface area contributed by atoms with Crippen molar-refractivity contribution in [2.45, 2.75) is 39.0 Å². The number of rotatable bonds is 5. The summed E-state index contributed by atoms with van der Waals surface area (Å²) in [6.07, 6.45) is 1.01. The lowest BCUT2D eigenvalue weighted by molar-refractivity contribution is -0.120. The average molecular weight is 286 g/mol. The molecule has 1 atom stereocenters. The van der Waals surface area contributed by atoms with Gasteiger partial charge in [0.25, 0.3) is 0 Å². The van der Waals surface area contributed by atoms with Crippen LogP contribution in [0.4, 0.5) is 4.39 Å². The molecule has 1 unspecified atom stereocenters. The maximum Gasteiger partial charge on any atom is 0.224 e. The van der Waals surface area contributed by atoms with Gasteiger partial charge in [-0.15, -0.1) is 11.6 Å². The van der Waals surface area contributed by atoms with Crippen LogP contribution >= 0.6 is 11.6 Å². The number of benzene rings is 1. The van der Waals surface area contributed by atoms with Crippen molar-refractivity contribution < 1.29 is 9.18 Å². The van der Waals surface area contributed by atoms with Gasteiger partial charge in [-0.2, -0.15) is 0 Å². The van der Waals surface area contributed by atoms with Crippen LogP contribution in [0.3, 0.4) is 0 Å². The summed E-state index contributed by atoms with van der Waals surface area (Å²) in [5, 5.41) is 2.69. The molecular formula is C15H21ClFNO. The third-order valence-corrected chi connectivity index (χ3v) is 2.92. The molecule has 0 aliphatic rings. The van der Waals surface area contributed by atoms with E-state index >= 15 is 0 Å². The number of amides is 1. The van der Waals surface area contributed by atoms with Crippen LogP contribution in [0.2, 0.25) is 0 Å². The van der Waals surface area contributed by atoms with Crippen molar-refractivity contribution in [1.29, 1.82) is 0 Å². The molecule has 1 aromatic carbocycles. The van der Waals surface area contributed by atoms with Crippen molar-refractivity contribution in [3.8, 4) is 0 Å². The zero-order chi connectivity index (χ0) is 14.5. The largest absolute Gasteiger partial charge is 0.354 e. The summed E-state index contributed by atoms with van der Waals surface area (Å²) in [5.74, 6) is -0.460. The first-order valence-corrected chi connectivity index (χ1v) is 6.85. The first-order chi connectivity index (χ1) is 8.76. The van der Waals surface area contributed by atoms with E-state index in [9.17, 15) is 9.18 Å². The second-order valence-corrected chi connectivity index (χ2v) is 6.59. The molecule has 0 fully saturated rings. The molecule has 0 spiro atoms. The lowest BCUT2D eigenvalue weighted by Crippen LogP contribution is -2.32. The molecule has 2 nitrogen and oxygen atoms in total. The van der Waals surface area contributed by atoms with E-state index in [0.29, 0.717) is 12.1 Å². The number of hydrogen-bond acceptors (Lipinski definition) is 1. The molecule has 0 aromatic heterocycles. The highest BCUT2D eigenvalue weighted by atomic mass is 35.5. The highest BCUT2D eigenvalue weighted by molar-refractivity contribution is 6.20. The molecule has 0 saturated carbocycles. The summed E-state index contributed by atoms with van der Waals surface area (Å²) in [6.45, 7) is 6.76. The van der Waals surface area contributed by atoms with Gasteiger partial charge in [0.1, 0.15) is 5.82 Å². The number of hydrogen-bond donors (Lipinski definition) is 1. The molecule has 0 aliphatic carbocycles. The van der Waals surface area contributed by atoms with Crippen molar-refractivity contribution in [2.75, 3.05) is 6.54 Å². The zero-order valence-electron chi connectivity index (χ0n) is 11.7. The van der Waals surface area contributed by atoms with Crippen LogP contribution in [-0.4, -0.2) is 17.8 Å². The minimum atomic E-state index is -0.326. The van der Waals surface area contributed by atoms with Gasteiger partial charge in [0, 0.05) is 6.54 Å². The minimum Gasteiger partial charge on any atom is -0.354 e. The fourth-order valence-corrected chi connectivity index (χ4v) is 2.40. The number of alkyl halides is 1. The lowest BCUT2D eigenvalue weighted by atomic mass is 9.90. The summed E-state index contributed by atoms with van der Waals surface area (Å²) in [5.41, 5.74) is 0.805. The van der Waals surface area contributed by atoms with E-state index in [1.54, 1.807) is 12.1 Å². The van der Waals surface area contributed by atoms with E-state index < -0.39 is 0 Å². The number of carbonyl (C=O) groups excluding carboxylic acids is 1. The van der Waals surface area contributed by atoms with Crippen molar-refractivity contribution in [3.05, 3.63) is 35.6 Å². The van der Waals surface area contributed by atoms with E-state index in [2.05, 4.69) is 26.1 Å². The Morgan fingerprint density at radius 3 is 2.68 bits per heavy atom. The van der Waals surface area contributed by atoms with Crippen LogP contribution in [-0.2, 0) is 11.2 Å². The Morgan fingerprint density at radius 1 is 1.42 bits per heavy atom. The van der Waals surface area contributed by atoms with Crippen LogP contribution in [0.5, 0.6) is 0 Å². The summed E-state index contributed by atoms with van der Waals surface area (Å²) >= 11 is 6.16. The van der Waals surface area contributed by atoms with Gasteiger partial charge < -0.3 is 5.32 Å². The van der Waals surface area contributed by atoms with Crippen LogP contribution in [0.15, 0.2) is 24.3 Å². The molecule has 0 radical (unpaired) electrons. The Bertz CT molecular complexity index is 428.